The Labute approximate surface area is 118 Å². The molecule has 0 N–H and O–H groups in total. The number of hydrogen-bond acceptors (Lipinski definition) is 1. The second-order valence-electron chi connectivity index (χ2n) is 4.30. The van der Waals surface area contributed by atoms with Crippen molar-refractivity contribution in [3.8, 4) is 0 Å². The van der Waals surface area contributed by atoms with Crippen molar-refractivity contribution in [3.05, 3.63) is 77.1 Å². The SMILES string of the molecule is O=C(C=Cc1ccccc1F)c1cccc(C(F)(F)F)c1. The lowest BCUT2D eigenvalue weighted by Gasteiger charge is -2.07. The average Bonchev–Trinajstić information content (AvgIpc) is 2.45. The maximum Gasteiger partial charge on any atom is 0.416 e. The Morgan fingerprint density at radius 3 is 2.38 bits per heavy atom. The van der Waals surface area contributed by atoms with Gasteiger partial charge in [0.1, 0.15) is 5.82 Å². The smallest absolute Gasteiger partial charge is 0.289 e. The zero-order valence-electron chi connectivity index (χ0n) is 10.7. The number of hydrogen-bond donors (Lipinski definition) is 0. The number of ketones is 1. The summed E-state index contributed by atoms with van der Waals surface area (Å²) in [6.07, 6.45) is -2.22. The van der Waals surface area contributed by atoms with E-state index in [1.807, 2.05) is 0 Å². The highest BCUT2D eigenvalue weighted by Crippen LogP contribution is 2.29. The van der Waals surface area contributed by atoms with Crippen LogP contribution in [0.4, 0.5) is 17.6 Å². The number of rotatable bonds is 3. The van der Waals surface area contributed by atoms with Gasteiger partial charge < -0.3 is 0 Å². The first-order valence-corrected chi connectivity index (χ1v) is 6.02. The summed E-state index contributed by atoms with van der Waals surface area (Å²) in [5, 5.41) is 0. The molecule has 0 unspecified atom stereocenters. The molecule has 2 aromatic carbocycles. The Bertz CT molecular complexity index is 687. The van der Waals surface area contributed by atoms with E-state index in [9.17, 15) is 22.4 Å². The molecule has 0 saturated carbocycles. The highest BCUT2D eigenvalue weighted by Gasteiger charge is 2.30. The van der Waals surface area contributed by atoms with Crippen molar-refractivity contribution in [2.75, 3.05) is 0 Å². The van der Waals surface area contributed by atoms with Crippen LogP contribution in [0.1, 0.15) is 21.5 Å². The normalized spacial score (nSPS) is 11.8. The predicted molar refractivity (Wildman–Crippen MR) is 71.2 cm³/mol. The van der Waals surface area contributed by atoms with E-state index in [-0.39, 0.29) is 11.1 Å². The molecule has 0 heterocycles. The molecule has 0 aliphatic rings. The topological polar surface area (TPSA) is 17.1 Å². The Morgan fingerprint density at radius 2 is 1.71 bits per heavy atom. The Balaban J connectivity index is 2.23. The minimum absolute atomic E-state index is 0.0996. The molecule has 1 nitrogen and oxygen atoms in total. The van der Waals surface area contributed by atoms with Crippen LogP contribution >= 0.6 is 0 Å². The first-order chi connectivity index (χ1) is 9.88. The van der Waals surface area contributed by atoms with Gasteiger partial charge in [-0.1, -0.05) is 30.3 Å². The molecule has 2 rings (SSSR count). The van der Waals surface area contributed by atoms with Gasteiger partial charge in [-0.25, -0.2) is 4.39 Å². The first-order valence-electron chi connectivity index (χ1n) is 6.02. The molecule has 0 spiro atoms. The van der Waals surface area contributed by atoms with Gasteiger partial charge in [0.25, 0.3) is 0 Å². The second-order valence-corrected chi connectivity index (χ2v) is 4.30. The van der Waals surface area contributed by atoms with Crippen molar-refractivity contribution >= 4 is 11.9 Å². The summed E-state index contributed by atoms with van der Waals surface area (Å²) in [7, 11) is 0. The Hall–Kier alpha value is -2.43. The van der Waals surface area contributed by atoms with Gasteiger partial charge >= 0.3 is 6.18 Å². The molecule has 0 saturated heterocycles. The van der Waals surface area contributed by atoms with E-state index in [2.05, 4.69) is 0 Å². The van der Waals surface area contributed by atoms with Crippen LogP contribution in [0.25, 0.3) is 6.08 Å². The summed E-state index contributed by atoms with van der Waals surface area (Å²) >= 11 is 0. The van der Waals surface area contributed by atoms with Gasteiger partial charge in [0.15, 0.2) is 5.78 Å². The van der Waals surface area contributed by atoms with E-state index in [1.54, 1.807) is 6.07 Å². The summed E-state index contributed by atoms with van der Waals surface area (Å²) in [4.78, 5) is 11.8. The van der Waals surface area contributed by atoms with Crippen molar-refractivity contribution in [1.82, 2.24) is 0 Å². The fraction of sp³-hybridized carbons (Fsp3) is 0.0625. The molecule has 21 heavy (non-hydrogen) atoms. The van der Waals surface area contributed by atoms with E-state index in [1.165, 1.54) is 30.3 Å². The van der Waals surface area contributed by atoms with Crippen molar-refractivity contribution in [2.24, 2.45) is 0 Å². The number of allylic oxidation sites excluding steroid dienone is 1. The maximum atomic E-state index is 13.4. The van der Waals surface area contributed by atoms with E-state index in [0.29, 0.717) is 0 Å². The van der Waals surface area contributed by atoms with Crippen LogP contribution in [0.5, 0.6) is 0 Å². The lowest BCUT2D eigenvalue weighted by molar-refractivity contribution is -0.137. The van der Waals surface area contributed by atoms with Crippen LogP contribution in [-0.2, 0) is 6.18 Å². The van der Waals surface area contributed by atoms with Crippen LogP contribution in [0, 0.1) is 5.82 Å². The van der Waals surface area contributed by atoms with Crippen LogP contribution in [0.15, 0.2) is 54.6 Å². The maximum absolute atomic E-state index is 13.4. The number of alkyl halides is 3. The van der Waals surface area contributed by atoms with Crippen LogP contribution in [0.3, 0.4) is 0 Å². The van der Waals surface area contributed by atoms with Crippen molar-refractivity contribution in [2.45, 2.75) is 6.18 Å². The molecule has 0 atom stereocenters. The minimum atomic E-state index is -4.51. The third-order valence-corrected chi connectivity index (χ3v) is 2.79. The third kappa shape index (κ3) is 3.78. The summed E-state index contributed by atoms with van der Waals surface area (Å²) in [6, 6.07) is 9.89. The molecule has 0 radical (unpaired) electrons. The van der Waals surface area contributed by atoms with Gasteiger partial charge in [0.05, 0.1) is 5.56 Å². The van der Waals surface area contributed by atoms with E-state index < -0.39 is 23.3 Å². The molecule has 2 aromatic rings. The molecule has 0 bridgehead atoms. The first kappa shape index (κ1) is 15.0. The summed E-state index contributed by atoms with van der Waals surface area (Å²) in [6.45, 7) is 0. The van der Waals surface area contributed by atoms with Gasteiger partial charge in [-0.2, -0.15) is 13.2 Å². The largest absolute Gasteiger partial charge is 0.416 e. The standard InChI is InChI=1S/C16H10F4O/c17-14-7-2-1-4-11(14)8-9-15(21)12-5-3-6-13(10-12)16(18,19)20/h1-10H. The number of halogens is 4. The predicted octanol–water partition coefficient (Wildman–Crippen LogP) is 4.74. The molecular weight excluding hydrogens is 284 g/mol. The highest BCUT2D eigenvalue weighted by molar-refractivity contribution is 6.06. The van der Waals surface area contributed by atoms with Gasteiger partial charge in [0.2, 0.25) is 0 Å². The number of carbonyl (C=O) groups excluding carboxylic acids is 1. The molecule has 0 fully saturated rings. The van der Waals surface area contributed by atoms with Gasteiger partial charge in [-0.3, -0.25) is 4.79 Å². The van der Waals surface area contributed by atoms with Crippen molar-refractivity contribution < 1.29 is 22.4 Å². The van der Waals surface area contributed by atoms with Crippen molar-refractivity contribution in [3.63, 3.8) is 0 Å². The molecule has 0 aromatic heterocycles. The van der Waals surface area contributed by atoms with Crippen LogP contribution in [-0.4, -0.2) is 5.78 Å². The van der Waals surface area contributed by atoms with Crippen molar-refractivity contribution in [1.29, 1.82) is 0 Å². The lowest BCUT2D eigenvalue weighted by atomic mass is 10.1. The molecule has 5 heteroatoms. The van der Waals surface area contributed by atoms with Crippen LogP contribution < -0.4 is 0 Å². The zero-order chi connectivity index (χ0) is 15.5. The monoisotopic (exact) mass is 294 g/mol. The van der Waals surface area contributed by atoms with Gasteiger partial charge in [-0.05, 0) is 30.4 Å². The fourth-order valence-electron chi connectivity index (χ4n) is 1.72. The van der Waals surface area contributed by atoms with E-state index in [0.717, 1.165) is 24.3 Å². The van der Waals surface area contributed by atoms with E-state index >= 15 is 0 Å². The zero-order valence-corrected chi connectivity index (χ0v) is 10.7. The number of carbonyl (C=O) groups is 1. The Kier molecular flexibility index (Phi) is 4.21. The molecule has 108 valence electrons. The minimum Gasteiger partial charge on any atom is -0.289 e. The third-order valence-electron chi connectivity index (χ3n) is 2.79. The average molecular weight is 294 g/mol. The Morgan fingerprint density at radius 1 is 1.00 bits per heavy atom. The fourth-order valence-corrected chi connectivity index (χ4v) is 1.72. The second kappa shape index (κ2) is 5.91. The van der Waals surface area contributed by atoms with E-state index in [4.69, 9.17) is 0 Å². The quantitative estimate of drug-likeness (QED) is 0.454. The molecule has 0 amide bonds. The van der Waals surface area contributed by atoms with Gasteiger partial charge in [0, 0.05) is 11.1 Å². The number of benzene rings is 2. The van der Waals surface area contributed by atoms with Gasteiger partial charge in [-0.15, -0.1) is 0 Å². The summed E-state index contributed by atoms with van der Waals surface area (Å²) in [5.74, 6) is -1.13. The van der Waals surface area contributed by atoms with Crippen LogP contribution in [0.2, 0.25) is 0 Å². The lowest BCUT2D eigenvalue weighted by Crippen LogP contribution is -2.06. The highest BCUT2D eigenvalue weighted by atomic mass is 19.4. The molecular formula is C16H10F4O. The molecule has 0 aliphatic heterocycles. The summed E-state index contributed by atoms with van der Waals surface area (Å²) in [5.41, 5.74) is -0.803. The molecule has 0 aliphatic carbocycles. The summed E-state index contributed by atoms with van der Waals surface area (Å²) < 4.78 is 51.0.